The van der Waals surface area contributed by atoms with Crippen LogP contribution in [-0.2, 0) is 4.74 Å². The van der Waals surface area contributed by atoms with Gasteiger partial charge in [0.2, 0.25) is 6.79 Å². The molecule has 2 aromatic carbocycles. The summed E-state index contributed by atoms with van der Waals surface area (Å²) in [7, 11) is 1.76. The molecule has 0 aliphatic carbocycles. The van der Waals surface area contributed by atoms with Crippen LogP contribution in [0.15, 0.2) is 36.4 Å². The zero-order chi connectivity index (χ0) is 21.3. The summed E-state index contributed by atoms with van der Waals surface area (Å²) >= 11 is 0. The molecule has 0 spiro atoms. The Morgan fingerprint density at radius 1 is 1.17 bits per heavy atom. The number of esters is 1. The molecule has 0 saturated carbocycles. The van der Waals surface area contributed by atoms with Crippen molar-refractivity contribution in [2.45, 2.75) is 6.92 Å². The van der Waals surface area contributed by atoms with Gasteiger partial charge in [0, 0.05) is 29.8 Å². The fourth-order valence-electron chi connectivity index (χ4n) is 3.27. The number of nitrogens with two attached hydrogens (primary N) is 1. The SMILES string of the molecule is CCOC(=O)c1cc2cc3c(cc2nc1-c1cc(NC)ccc1NC(N)=O)OCO3. The van der Waals surface area contributed by atoms with E-state index in [4.69, 9.17) is 24.9 Å². The average molecular weight is 408 g/mol. The van der Waals surface area contributed by atoms with Crippen LogP contribution in [0, 0.1) is 0 Å². The van der Waals surface area contributed by atoms with Gasteiger partial charge < -0.3 is 30.6 Å². The lowest BCUT2D eigenvalue weighted by Crippen LogP contribution is -2.20. The fraction of sp³-hybridized carbons (Fsp3) is 0.190. The Bertz CT molecular complexity index is 1160. The third-order valence-corrected chi connectivity index (χ3v) is 4.63. The van der Waals surface area contributed by atoms with E-state index in [0.29, 0.717) is 39.3 Å². The van der Waals surface area contributed by atoms with Gasteiger partial charge in [0.25, 0.3) is 0 Å². The van der Waals surface area contributed by atoms with Crippen molar-refractivity contribution >= 4 is 34.3 Å². The minimum absolute atomic E-state index is 0.125. The molecule has 4 rings (SSSR count). The number of carbonyl (C=O) groups is 2. The number of rotatable bonds is 5. The second-order valence-electron chi connectivity index (χ2n) is 6.50. The number of ether oxygens (including phenoxy) is 3. The van der Waals surface area contributed by atoms with E-state index in [-0.39, 0.29) is 19.0 Å². The lowest BCUT2D eigenvalue weighted by molar-refractivity contribution is 0.0527. The number of hydrogen-bond donors (Lipinski definition) is 3. The van der Waals surface area contributed by atoms with Crippen LogP contribution in [-0.4, -0.2) is 37.4 Å². The van der Waals surface area contributed by atoms with Crippen LogP contribution < -0.4 is 25.8 Å². The van der Waals surface area contributed by atoms with Crippen molar-refractivity contribution in [1.82, 2.24) is 4.98 Å². The summed E-state index contributed by atoms with van der Waals surface area (Å²) in [6, 6.07) is 9.72. The van der Waals surface area contributed by atoms with Crippen molar-refractivity contribution in [2.75, 3.05) is 31.1 Å². The van der Waals surface area contributed by atoms with Gasteiger partial charge in [0.15, 0.2) is 11.5 Å². The lowest BCUT2D eigenvalue weighted by Gasteiger charge is -2.15. The van der Waals surface area contributed by atoms with Crippen LogP contribution >= 0.6 is 0 Å². The van der Waals surface area contributed by atoms with Crippen LogP contribution in [0.1, 0.15) is 17.3 Å². The third kappa shape index (κ3) is 3.52. The number of urea groups is 1. The fourth-order valence-corrected chi connectivity index (χ4v) is 3.27. The van der Waals surface area contributed by atoms with Gasteiger partial charge in [0.05, 0.1) is 29.1 Å². The second-order valence-corrected chi connectivity index (χ2v) is 6.50. The zero-order valence-corrected chi connectivity index (χ0v) is 16.4. The van der Waals surface area contributed by atoms with E-state index >= 15 is 0 Å². The summed E-state index contributed by atoms with van der Waals surface area (Å²) in [6.45, 7) is 2.06. The molecule has 0 saturated heterocycles. The molecular formula is C21H20N4O5. The molecule has 2 amide bonds. The van der Waals surface area contributed by atoms with Crippen LogP contribution in [0.4, 0.5) is 16.2 Å². The van der Waals surface area contributed by atoms with E-state index in [1.807, 2.05) is 0 Å². The molecule has 1 aliphatic heterocycles. The zero-order valence-electron chi connectivity index (χ0n) is 16.4. The van der Waals surface area contributed by atoms with Gasteiger partial charge in [-0.15, -0.1) is 0 Å². The largest absolute Gasteiger partial charge is 0.462 e. The van der Waals surface area contributed by atoms with Crippen LogP contribution in [0.3, 0.4) is 0 Å². The van der Waals surface area contributed by atoms with E-state index in [0.717, 1.165) is 5.69 Å². The summed E-state index contributed by atoms with van der Waals surface area (Å²) in [5.41, 5.74) is 8.23. The lowest BCUT2D eigenvalue weighted by atomic mass is 10.0. The summed E-state index contributed by atoms with van der Waals surface area (Å²) in [5, 5.41) is 6.32. The number of anilines is 2. The first kappa shape index (κ1) is 19.3. The number of fused-ring (bicyclic) bond motifs is 2. The minimum atomic E-state index is -0.727. The summed E-state index contributed by atoms with van der Waals surface area (Å²) in [4.78, 5) is 29.0. The molecule has 0 unspecified atom stereocenters. The number of amides is 2. The van der Waals surface area contributed by atoms with Crippen LogP contribution in [0.5, 0.6) is 11.5 Å². The van der Waals surface area contributed by atoms with Crippen LogP contribution in [0.2, 0.25) is 0 Å². The van der Waals surface area contributed by atoms with Crippen molar-refractivity contribution in [2.24, 2.45) is 5.73 Å². The molecule has 0 fully saturated rings. The first-order chi connectivity index (χ1) is 14.5. The topological polar surface area (TPSA) is 125 Å². The van der Waals surface area contributed by atoms with Gasteiger partial charge >= 0.3 is 12.0 Å². The molecule has 0 atom stereocenters. The van der Waals surface area contributed by atoms with E-state index < -0.39 is 12.0 Å². The highest BCUT2D eigenvalue weighted by molar-refractivity contribution is 6.04. The monoisotopic (exact) mass is 408 g/mol. The van der Waals surface area contributed by atoms with Crippen molar-refractivity contribution in [3.8, 4) is 22.8 Å². The molecular weight excluding hydrogens is 388 g/mol. The second kappa shape index (κ2) is 7.78. The van der Waals surface area contributed by atoms with Gasteiger partial charge in [-0.2, -0.15) is 0 Å². The van der Waals surface area contributed by atoms with Crippen molar-refractivity contribution in [3.63, 3.8) is 0 Å². The standard InChI is InChI=1S/C21H20N4O5/c1-3-28-20(26)14-6-11-7-17-18(30-10-29-17)9-16(11)24-19(14)13-8-12(23-2)4-5-15(13)25-21(22)27/h4-9,23H,3,10H2,1-2H3,(H3,22,25,27). The number of benzene rings is 2. The van der Waals surface area contributed by atoms with Crippen molar-refractivity contribution < 1.29 is 23.8 Å². The average Bonchev–Trinajstić information content (AvgIpc) is 3.18. The molecule has 9 nitrogen and oxygen atoms in total. The van der Waals surface area contributed by atoms with E-state index in [1.165, 1.54) is 0 Å². The quantitative estimate of drug-likeness (QED) is 0.553. The van der Waals surface area contributed by atoms with E-state index in [2.05, 4.69) is 10.6 Å². The number of nitrogens with one attached hydrogen (secondary N) is 2. The molecule has 9 heteroatoms. The maximum Gasteiger partial charge on any atom is 0.340 e. The molecule has 0 bridgehead atoms. The summed E-state index contributed by atoms with van der Waals surface area (Å²) in [5.74, 6) is 0.629. The first-order valence-electron chi connectivity index (χ1n) is 9.30. The van der Waals surface area contributed by atoms with Crippen LogP contribution in [0.25, 0.3) is 22.2 Å². The Morgan fingerprint density at radius 2 is 1.93 bits per heavy atom. The number of hydrogen-bond acceptors (Lipinski definition) is 7. The highest BCUT2D eigenvalue weighted by Gasteiger charge is 2.22. The van der Waals surface area contributed by atoms with Gasteiger partial charge in [-0.1, -0.05) is 0 Å². The smallest absolute Gasteiger partial charge is 0.340 e. The minimum Gasteiger partial charge on any atom is -0.462 e. The summed E-state index contributed by atoms with van der Waals surface area (Å²) < 4.78 is 16.1. The number of aromatic nitrogens is 1. The normalized spacial score (nSPS) is 11.9. The van der Waals surface area contributed by atoms with Gasteiger partial charge in [0.1, 0.15) is 0 Å². The molecule has 2 heterocycles. The molecule has 3 aromatic rings. The number of pyridine rings is 1. The maximum absolute atomic E-state index is 12.8. The van der Waals surface area contributed by atoms with Gasteiger partial charge in [-0.05, 0) is 37.3 Å². The Hall–Kier alpha value is -4.01. The van der Waals surface area contributed by atoms with Gasteiger partial charge in [-0.3, -0.25) is 0 Å². The Labute approximate surface area is 172 Å². The van der Waals surface area contributed by atoms with Gasteiger partial charge in [-0.25, -0.2) is 14.6 Å². The molecule has 154 valence electrons. The molecule has 30 heavy (non-hydrogen) atoms. The molecule has 1 aliphatic rings. The third-order valence-electron chi connectivity index (χ3n) is 4.63. The van der Waals surface area contributed by atoms with Crippen molar-refractivity contribution in [1.29, 1.82) is 0 Å². The molecule has 1 aromatic heterocycles. The predicted molar refractivity (Wildman–Crippen MR) is 112 cm³/mol. The predicted octanol–water partition coefficient (Wildman–Crippen LogP) is 3.34. The number of primary amides is 1. The number of nitrogens with zero attached hydrogens (tertiary/aromatic N) is 1. The Morgan fingerprint density at radius 3 is 2.63 bits per heavy atom. The summed E-state index contributed by atoms with van der Waals surface area (Å²) in [6.07, 6.45) is 0. The first-order valence-corrected chi connectivity index (χ1v) is 9.30. The van der Waals surface area contributed by atoms with Crippen molar-refractivity contribution in [3.05, 3.63) is 42.0 Å². The maximum atomic E-state index is 12.8. The Balaban J connectivity index is 1.98. The highest BCUT2D eigenvalue weighted by Crippen LogP contribution is 2.39. The highest BCUT2D eigenvalue weighted by atomic mass is 16.7. The number of carbonyl (C=O) groups excluding carboxylic acids is 2. The molecule has 4 N–H and O–H groups in total. The molecule has 0 radical (unpaired) electrons. The van der Waals surface area contributed by atoms with E-state index in [9.17, 15) is 9.59 Å². The Kier molecular flexibility index (Phi) is 5.01. The van der Waals surface area contributed by atoms with E-state index in [1.54, 1.807) is 50.4 Å².